The fourth-order valence-electron chi connectivity index (χ4n) is 3.82. The van der Waals surface area contributed by atoms with E-state index in [1.807, 2.05) is 6.92 Å². The number of carboxylic acid groups (broad SMARTS) is 1. The second-order valence-corrected chi connectivity index (χ2v) is 10.7. The zero-order valence-corrected chi connectivity index (χ0v) is 22.7. The lowest BCUT2D eigenvalue weighted by Gasteiger charge is -2.12. The number of ether oxygens (including phenoxy) is 1. The number of rotatable bonds is 12. The molecular weight excluding hydrogens is 554 g/mol. The fraction of sp³-hybridized carbons (Fsp3) is 0.133. The van der Waals surface area contributed by atoms with E-state index in [0.717, 1.165) is 25.0 Å². The average molecular weight is 581 g/mol. The lowest BCUT2D eigenvalue weighted by Crippen LogP contribution is -2.13. The van der Waals surface area contributed by atoms with Gasteiger partial charge in [-0.25, -0.2) is 22.0 Å². The summed E-state index contributed by atoms with van der Waals surface area (Å²) in [4.78, 5) is 25.0. The minimum Gasteiger partial charge on any atom is -0.494 e. The van der Waals surface area contributed by atoms with Gasteiger partial charge in [-0.05, 0) is 85.3 Å². The zero-order valence-electron chi connectivity index (χ0n) is 21.9. The largest absolute Gasteiger partial charge is 0.494 e. The molecule has 212 valence electrons. The highest BCUT2D eigenvalue weighted by Crippen LogP contribution is 2.26. The molecule has 11 heteroatoms. The highest BCUT2D eigenvalue weighted by molar-refractivity contribution is 7.92. The number of carbonyl (C=O) groups excluding carboxylic acids is 1. The minimum atomic E-state index is -3.90. The Balaban J connectivity index is 1.47. The van der Waals surface area contributed by atoms with Crippen molar-refractivity contribution in [1.82, 2.24) is 0 Å². The number of hydrogen-bond acceptors (Lipinski definition) is 6. The van der Waals surface area contributed by atoms with Crippen LogP contribution in [0.25, 0.3) is 0 Å². The summed E-state index contributed by atoms with van der Waals surface area (Å²) in [5, 5.41) is 12.4. The molecule has 8 nitrogen and oxygen atoms in total. The molecule has 0 aromatic heterocycles. The monoisotopic (exact) mass is 580 g/mol. The summed E-state index contributed by atoms with van der Waals surface area (Å²) < 4.78 is 60.4. The maximum absolute atomic E-state index is 13.5. The van der Waals surface area contributed by atoms with Crippen molar-refractivity contribution in [2.45, 2.75) is 24.7 Å². The molecule has 0 bridgehead atoms. The van der Waals surface area contributed by atoms with Gasteiger partial charge in [-0.15, -0.1) is 0 Å². The zero-order chi connectivity index (χ0) is 29.6. The molecule has 3 N–H and O–H groups in total. The van der Waals surface area contributed by atoms with E-state index < -0.39 is 33.4 Å². The first-order valence-electron chi connectivity index (χ1n) is 12.6. The van der Waals surface area contributed by atoms with E-state index in [4.69, 9.17) is 4.74 Å². The summed E-state index contributed by atoms with van der Waals surface area (Å²) in [6.07, 6.45) is 1.87. The Labute approximate surface area is 235 Å². The molecule has 0 saturated carbocycles. The topological polar surface area (TPSA) is 122 Å². The lowest BCUT2D eigenvalue weighted by molar-refractivity contribution is 0.0698. The van der Waals surface area contributed by atoms with Crippen LogP contribution >= 0.6 is 0 Å². The molecule has 0 amide bonds. The van der Waals surface area contributed by atoms with Crippen molar-refractivity contribution in [2.24, 2.45) is 0 Å². The summed E-state index contributed by atoms with van der Waals surface area (Å²) in [5.41, 5.74) is 0.422. The Morgan fingerprint density at radius 1 is 0.829 bits per heavy atom. The van der Waals surface area contributed by atoms with Crippen LogP contribution in [0.5, 0.6) is 5.75 Å². The van der Waals surface area contributed by atoms with Gasteiger partial charge in [0.1, 0.15) is 5.75 Å². The van der Waals surface area contributed by atoms with Crippen LogP contribution in [0.4, 0.5) is 25.8 Å². The van der Waals surface area contributed by atoms with Gasteiger partial charge in [0.05, 0.1) is 22.8 Å². The van der Waals surface area contributed by atoms with E-state index in [1.165, 1.54) is 60.7 Å². The number of halogens is 2. The summed E-state index contributed by atoms with van der Waals surface area (Å²) in [5.74, 6) is -3.42. The second-order valence-electron chi connectivity index (χ2n) is 9.00. The van der Waals surface area contributed by atoms with E-state index >= 15 is 0 Å². The van der Waals surface area contributed by atoms with E-state index in [9.17, 15) is 31.9 Å². The third-order valence-electron chi connectivity index (χ3n) is 6.01. The summed E-state index contributed by atoms with van der Waals surface area (Å²) in [6.45, 7) is 2.59. The molecule has 41 heavy (non-hydrogen) atoms. The molecule has 0 aliphatic carbocycles. The molecule has 4 aromatic rings. The van der Waals surface area contributed by atoms with Crippen LogP contribution in [0, 0.1) is 11.6 Å². The van der Waals surface area contributed by atoms with Gasteiger partial charge in [-0.2, -0.15) is 0 Å². The number of benzene rings is 4. The van der Waals surface area contributed by atoms with Crippen molar-refractivity contribution >= 4 is 38.8 Å². The number of ketones is 1. The number of sulfonamides is 1. The smallest absolute Gasteiger partial charge is 0.337 e. The normalized spacial score (nSPS) is 11.1. The van der Waals surface area contributed by atoms with Gasteiger partial charge in [0.2, 0.25) is 0 Å². The molecule has 0 radical (unpaired) electrons. The van der Waals surface area contributed by atoms with Crippen molar-refractivity contribution in [1.29, 1.82) is 0 Å². The molecule has 0 atom stereocenters. The highest BCUT2D eigenvalue weighted by Gasteiger charge is 2.18. The van der Waals surface area contributed by atoms with Gasteiger partial charge in [0.25, 0.3) is 10.0 Å². The number of nitrogens with one attached hydrogen (secondary N) is 2. The Morgan fingerprint density at radius 3 is 2.12 bits per heavy atom. The molecule has 0 saturated heterocycles. The van der Waals surface area contributed by atoms with Crippen LogP contribution in [0.15, 0.2) is 89.8 Å². The Hall–Kier alpha value is -4.77. The van der Waals surface area contributed by atoms with Crippen molar-refractivity contribution < 1.29 is 36.6 Å². The first-order chi connectivity index (χ1) is 19.6. The molecule has 0 spiro atoms. The summed E-state index contributed by atoms with van der Waals surface area (Å²) in [6, 6.07) is 18.6. The molecule has 4 rings (SSSR count). The first kappa shape index (κ1) is 29.2. The Bertz CT molecular complexity index is 1670. The van der Waals surface area contributed by atoms with Crippen molar-refractivity contribution in [3.8, 4) is 5.75 Å². The van der Waals surface area contributed by atoms with E-state index in [-0.39, 0.29) is 38.6 Å². The maximum atomic E-state index is 13.5. The van der Waals surface area contributed by atoms with E-state index in [0.29, 0.717) is 12.4 Å². The number of carboxylic acids is 1. The number of hydrogen-bond donors (Lipinski definition) is 3. The van der Waals surface area contributed by atoms with Crippen LogP contribution in [0.1, 0.15) is 46.0 Å². The molecule has 0 aliphatic rings. The molecular formula is C30H26F2N2O6S. The molecule has 0 heterocycles. The van der Waals surface area contributed by atoms with Gasteiger partial charge in [-0.3, -0.25) is 9.52 Å². The number of aromatic carboxylic acids is 1. The van der Waals surface area contributed by atoms with Gasteiger partial charge in [-0.1, -0.05) is 13.3 Å². The Morgan fingerprint density at radius 2 is 1.49 bits per heavy atom. The predicted molar refractivity (Wildman–Crippen MR) is 151 cm³/mol. The van der Waals surface area contributed by atoms with Crippen molar-refractivity contribution in [3.05, 3.63) is 113 Å². The van der Waals surface area contributed by atoms with E-state index in [1.54, 1.807) is 12.1 Å². The summed E-state index contributed by atoms with van der Waals surface area (Å²) >= 11 is 0. The predicted octanol–water partition coefficient (Wildman–Crippen LogP) is 6.62. The lowest BCUT2D eigenvalue weighted by atomic mass is 10.00. The molecule has 0 fully saturated rings. The van der Waals surface area contributed by atoms with Crippen molar-refractivity contribution in [3.63, 3.8) is 0 Å². The van der Waals surface area contributed by atoms with Gasteiger partial charge >= 0.3 is 5.97 Å². The van der Waals surface area contributed by atoms with E-state index in [2.05, 4.69) is 10.0 Å². The standard InChI is InChI=1S/C30H26F2N2O6S/c1-2-3-16-40-23-10-12-24(13-11-23)41(38,39)34-21-7-4-19(5-8-21)29(35)20-6-15-28(25(17-20)30(36)37)33-22-9-14-26(31)27(32)18-22/h4-15,17-18,33-34H,2-3,16H2,1H3,(H,36,37). The van der Waals surface area contributed by atoms with Crippen LogP contribution in [-0.4, -0.2) is 31.9 Å². The van der Waals surface area contributed by atoms with Crippen molar-refractivity contribution in [2.75, 3.05) is 16.6 Å². The van der Waals surface area contributed by atoms with Crippen LogP contribution < -0.4 is 14.8 Å². The first-order valence-corrected chi connectivity index (χ1v) is 14.1. The Kier molecular flexibility index (Phi) is 8.98. The number of carbonyl (C=O) groups is 2. The third-order valence-corrected chi connectivity index (χ3v) is 7.41. The van der Waals surface area contributed by atoms with Crippen LogP contribution in [0.2, 0.25) is 0 Å². The number of unbranched alkanes of at least 4 members (excludes halogenated alkanes) is 1. The third kappa shape index (κ3) is 7.25. The quantitative estimate of drug-likeness (QED) is 0.127. The maximum Gasteiger partial charge on any atom is 0.337 e. The van der Waals surface area contributed by atoms with Gasteiger partial charge < -0.3 is 15.2 Å². The molecule has 0 unspecified atom stereocenters. The minimum absolute atomic E-state index is 0.0405. The highest BCUT2D eigenvalue weighted by atomic mass is 32.2. The SMILES string of the molecule is CCCCOc1ccc(S(=O)(=O)Nc2ccc(C(=O)c3ccc(Nc4ccc(F)c(F)c4)c(C(=O)O)c3)cc2)cc1. The number of anilines is 3. The average Bonchev–Trinajstić information content (AvgIpc) is 2.95. The fourth-order valence-corrected chi connectivity index (χ4v) is 4.88. The van der Waals surface area contributed by atoms with Crippen LogP contribution in [0.3, 0.4) is 0 Å². The summed E-state index contributed by atoms with van der Waals surface area (Å²) in [7, 11) is -3.90. The molecule has 0 aliphatic heterocycles. The second kappa shape index (κ2) is 12.6. The van der Waals surface area contributed by atoms with Crippen LogP contribution in [-0.2, 0) is 10.0 Å². The van der Waals surface area contributed by atoms with Gasteiger partial charge in [0, 0.05) is 28.6 Å². The molecule has 4 aromatic carbocycles. The van der Waals surface area contributed by atoms with Gasteiger partial charge in [0.15, 0.2) is 17.4 Å².